The SMILES string of the molecule is CN[C@@H](C)C(=O)N[C@H](C(=O)N1Cc2ccccc2[C@H]1C(=O)Nc1cccc2sccc12)C(C)C. The zero-order valence-electron chi connectivity index (χ0n) is 19.8. The summed E-state index contributed by atoms with van der Waals surface area (Å²) in [6, 6.07) is 13.4. The van der Waals surface area contributed by atoms with E-state index in [1.807, 2.05) is 67.8 Å². The molecule has 2 aromatic carbocycles. The number of hydrogen-bond acceptors (Lipinski definition) is 5. The molecule has 1 aliphatic heterocycles. The topological polar surface area (TPSA) is 90.5 Å². The Hall–Kier alpha value is -3.23. The van der Waals surface area contributed by atoms with E-state index in [4.69, 9.17) is 0 Å². The van der Waals surface area contributed by atoms with Gasteiger partial charge in [0.1, 0.15) is 12.1 Å². The van der Waals surface area contributed by atoms with Crippen LogP contribution in [0.25, 0.3) is 10.1 Å². The predicted molar refractivity (Wildman–Crippen MR) is 135 cm³/mol. The molecule has 0 fully saturated rings. The monoisotopic (exact) mass is 478 g/mol. The number of anilines is 1. The number of nitrogens with one attached hydrogen (secondary N) is 3. The summed E-state index contributed by atoms with van der Waals surface area (Å²) in [4.78, 5) is 41.5. The Labute approximate surface area is 203 Å². The van der Waals surface area contributed by atoms with Crippen molar-refractivity contribution in [3.05, 3.63) is 65.0 Å². The fraction of sp³-hybridized carbons (Fsp3) is 0.346. The number of benzene rings is 2. The minimum atomic E-state index is -0.780. The summed E-state index contributed by atoms with van der Waals surface area (Å²) in [5.74, 6) is -0.935. The van der Waals surface area contributed by atoms with Crippen molar-refractivity contribution in [1.29, 1.82) is 0 Å². The molecule has 3 atom stereocenters. The first-order chi connectivity index (χ1) is 16.3. The maximum absolute atomic E-state index is 13.8. The van der Waals surface area contributed by atoms with Crippen molar-refractivity contribution in [2.45, 2.75) is 45.4 Å². The Balaban J connectivity index is 1.64. The second-order valence-corrected chi connectivity index (χ2v) is 9.88. The van der Waals surface area contributed by atoms with Crippen molar-refractivity contribution in [3.8, 4) is 0 Å². The van der Waals surface area contributed by atoms with Gasteiger partial charge in [-0.2, -0.15) is 0 Å². The van der Waals surface area contributed by atoms with E-state index >= 15 is 0 Å². The molecule has 1 aliphatic rings. The molecule has 8 heteroatoms. The van der Waals surface area contributed by atoms with Crippen LogP contribution in [0.3, 0.4) is 0 Å². The van der Waals surface area contributed by atoms with Crippen molar-refractivity contribution >= 4 is 44.8 Å². The summed E-state index contributed by atoms with van der Waals surface area (Å²) in [7, 11) is 1.70. The van der Waals surface area contributed by atoms with E-state index < -0.39 is 18.1 Å². The number of amides is 3. The Morgan fingerprint density at radius 1 is 1.03 bits per heavy atom. The molecule has 4 rings (SSSR count). The number of rotatable bonds is 7. The van der Waals surface area contributed by atoms with E-state index in [0.29, 0.717) is 6.54 Å². The van der Waals surface area contributed by atoms with Gasteiger partial charge in [-0.25, -0.2) is 0 Å². The number of fused-ring (bicyclic) bond motifs is 2. The lowest BCUT2D eigenvalue weighted by Crippen LogP contribution is -2.55. The molecule has 0 aliphatic carbocycles. The number of carbonyl (C=O) groups excluding carboxylic acids is 3. The van der Waals surface area contributed by atoms with Gasteiger partial charge < -0.3 is 20.9 Å². The van der Waals surface area contributed by atoms with Gasteiger partial charge in [0.2, 0.25) is 11.8 Å². The van der Waals surface area contributed by atoms with Gasteiger partial charge >= 0.3 is 0 Å². The van der Waals surface area contributed by atoms with E-state index in [-0.39, 0.29) is 23.6 Å². The normalized spacial score (nSPS) is 16.9. The molecule has 0 saturated heterocycles. The Kier molecular flexibility index (Phi) is 7.00. The first-order valence-electron chi connectivity index (χ1n) is 11.4. The molecule has 3 aromatic rings. The summed E-state index contributed by atoms with van der Waals surface area (Å²) < 4.78 is 1.08. The van der Waals surface area contributed by atoms with Crippen molar-refractivity contribution in [2.24, 2.45) is 5.92 Å². The molecule has 178 valence electrons. The van der Waals surface area contributed by atoms with Gasteiger partial charge in [-0.3, -0.25) is 14.4 Å². The van der Waals surface area contributed by atoms with Gasteiger partial charge in [-0.1, -0.05) is 44.2 Å². The van der Waals surface area contributed by atoms with Crippen molar-refractivity contribution in [3.63, 3.8) is 0 Å². The number of likely N-dealkylation sites (N-methyl/N-ethyl adjacent to an activating group) is 1. The van der Waals surface area contributed by atoms with Gasteiger partial charge in [0.05, 0.1) is 6.04 Å². The van der Waals surface area contributed by atoms with Crippen molar-refractivity contribution in [2.75, 3.05) is 12.4 Å². The van der Waals surface area contributed by atoms with Crippen LogP contribution in [0.5, 0.6) is 0 Å². The largest absolute Gasteiger partial charge is 0.343 e. The quantitative estimate of drug-likeness (QED) is 0.483. The smallest absolute Gasteiger partial charge is 0.251 e. The maximum Gasteiger partial charge on any atom is 0.251 e. The van der Waals surface area contributed by atoms with Crippen LogP contribution in [0.2, 0.25) is 0 Å². The second-order valence-electron chi connectivity index (χ2n) is 8.94. The molecule has 0 bridgehead atoms. The fourth-order valence-corrected chi connectivity index (χ4v) is 5.09. The van der Waals surface area contributed by atoms with Crippen LogP contribution >= 0.6 is 11.3 Å². The molecule has 34 heavy (non-hydrogen) atoms. The summed E-state index contributed by atoms with van der Waals surface area (Å²) in [5, 5.41) is 11.8. The standard InChI is InChI=1S/C26H30N4O3S/c1-15(2)22(29-24(31)16(3)27-4)26(33)30-14-17-8-5-6-9-18(17)23(30)25(32)28-20-10-7-11-21-19(20)12-13-34-21/h5-13,15-16,22-23,27H,14H2,1-4H3,(H,28,32)(H,29,31)/t16-,22-,23-/m0/s1. The van der Waals surface area contributed by atoms with E-state index in [0.717, 1.165) is 26.9 Å². The van der Waals surface area contributed by atoms with Crippen LogP contribution < -0.4 is 16.0 Å². The molecule has 0 radical (unpaired) electrons. The van der Waals surface area contributed by atoms with Gasteiger partial charge in [-0.05, 0) is 54.6 Å². The highest BCUT2D eigenvalue weighted by Gasteiger charge is 2.42. The Morgan fingerprint density at radius 3 is 2.53 bits per heavy atom. The van der Waals surface area contributed by atoms with Crippen LogP contribution in [0, 0.1) is 5.92 Å². The van der Waals surface area contributed by atoms with Crippen molar-refractivity contribution in [1.82, 2.24) is 15.5 Å². The summed E-state index contributed by atoms with van der Waals surface area (Å²) in [6.07, 6.45) is 0. The third kappa shape index (κ3) is 4.56. The van der Waals surface area contributed by atoms with Gasteiger partial charge in [0, 0.05) is 22.3 Å². The van der Waals surface area contributed by atoms with Crippen LogP contribution in [0.1, 0.15) is 37.9 Å². The first kappa shape index (κ1) is 23.9. The highest BCUT2D eigenvalue weighted by Crippen LogP contribution is 2.36. The number of hydrogen-bond donors (Lipinski definition) is 3. The molecule has 0 spiro atoms. The average Bonchev–Trinajstić information content (AvgIpc) is 3.46. The zero-order chi connectivity index (χ0) is 24.4. The summed E-state index contributed by atoms with van der Waals surface area (Å²) >= 11 is 1.61. The highest BCUT2D eigenvalue weighted by molar-refractivity contribution is 7.17. The lowest BCUT2D eigenvalue weighted by atomic mass is 10.0. The van der Waals surface area contributed by atoms with Crippen LogP contribution in [-0.4, -0.2) is 41.8 Å². The summed E-state index contributed by atoms with van der Waals surface area (Å²) in [6.45, 7) is 5.84. The third-order valence-corrected chi connectivity index (χ3v) is 7.23. The minimum absolute atomic E-state index is 0.146. The molecule has 0 saturated carbocycles. The Bertz CT molecular complexity index is 1220. The second kappa shape index (κ2) is 9.95. The molecular formula is C26H30N4O3S. The molecule has 3 N–H and O–H groups in total. The predicted octanol–water partition coefficient (Wildman–Crippen LogP) is 3.67. The number of thiophene rings is 1. The van der Waals surface area contributed by atoms with Crippen LogP contribution in [0.4, 0.5) is 5.69 Å². The number of nitrogens with zero attached hydrogens (tertiary/aromatic N) is 1. The van der Waals surface area contributed by atoms with E-state index in [2.05, 4.69) is 16.0 Å². The third-order valence-electron chi connectivity index (χ3n) is 6.34. The van der Waals surface area contributed by atoms with Gasteiger partial charge in [-0.15, -0.1) is 11.3 Å². The molecular weight excluding hydrogens is 448 g/mol. The summed E-state index contributed by atoms with van der Waals surface area (Å²) in [5.41, 5.74) is 2.46. The van der Waals surface area contributed by atoms with Crippen molar-refractivity contribution < 1.29 is 14.4 Å². The lowest BCUT2D eigenvalue weighted by Gasteiger charge is -2.31. The molecule has 7 nitrogen and oxygen atoms in total. The maximum atomic E-state index is 13.8. The fourth-order valence-electron chi connectivity index (χ4n) is 4.28. The van der Waals surface area contributed by atoms with Gasteiger partial charge in [0.15, 0.2) is 0 Å². The van der Waals surface area contributed by atoms with E-state index in [1.165, 1.54) is 0 Å². The zero-order valence-corrected chi connectivity index (χ0v) is 20.6. The molecule has 2 heterocycles. The van der Waals surface area contributed by atoms with E-state index in [1.54, 1.807) is 30.2 Å². The highest BCUT2D eigenvalue weighted by atomic mass is 32.1. The number of carbonyl (C=O) groups is 3. The first-order valence-corrected chi connectivity index (χ1v) is 12.3. The van der Waals surface area contributed by atoms with E-state index in [9.17, 15) is 14.4 Å². The van der Waals surface area contributed by atoms with Gasteiger partial charge in [0.25, 0.3) is 5.91 Å². The van der Waals surface area contributed by atoms with Crippen LogP contribution in [0.15, 0.2) is 53.9 Å². The van der Waals surface area contributed by atoms with Crippen LogP contribution in [-0.2, 0) is 20.9 Å². The molecule has 0 unspecified atom stereocenters. The Morgan fingerprint density at radius 2 is 1.79 bits per heavy atom. The minimum Gasteiger partial charge on any atom is -0.343 e. The lowest BCUT2D eigenvalue weighted by molar-refractivity contribution is -0.143. The molecule has 3 amide bonds. The average molecular weight is 479 g/mol. The molecule has 1 aromatic heterocycles.